The Labute approximate surface area is 68.0 Å². The van der Waals surface area contributed by atoms with Crippen LogP contribution in [-0.4, -0.2) is 0 Å². The Morgan fingerprint density at radius 2 is 1.67 bits per heavy atom. The summed E-state index contributed by atoms with van der Waals surface area (Å²) in [4.78, 5) is 0. The second-order valence-electron chi connectivity index (χ2n) is 1.62. The van der Waals surface area contributed by atoms with Gasteiger partial charge in [0.05, 0.1) is 0 Å². The summed E-state index contributed by atoms with van der Waals surface area (Å²) in [6, 6.07) is 9.35. The van der Waals surface area contributed by atoms with Gasteiger partial charge in [-0.3, -0.25) is 0 Å². The maximum absolute atomic E-state index is 11.9. The van der Waals surface area contributed by atoms with E-state index in [0.29, 0.717) is 0 Å². The first kappa shape index (κ1) is 9.06. The fourth-order valence-electron chi connectivity index (χ4n) is 0.567. The molecule has 0 unspecified atom stereocenters. The summed E-state index contributed by atoms with van der Waals surface area (Å²) < 4.78 is 12.8. The second kappa shape index (κ2) is 4.90. The van der Waals surface area contributed by atoms with Gasteiger partial charge < -0.3 is 0 Å². The molecule has 3 heteroatoms. The first-order valence-electron chi connectivity index (χ1n) is 2.53. The van der Waals surface area contributed by atoms with Gasteiger partial charge in [0.2, 0.25) is 0 Å². The minimum absolute atomic E-state index is 0. The van der Waals surface area contributed by atoms with Gasteiger partial charge in [0.25, 0.3) is 0 Å². The quantitative estimate of drug-likeness (QED) is 0.602. The van der Waals surface area contributed by atoms with Crippen LogP contribution in [0.25, 0.3) is 0 Å². The van der Waals surface area contributed by atoms with Crippen molar-refractivity contribution < 1.29 is 20.9 Å². The molecule has 46 valence electrons. The van der Waals surface area contributed by atoms with Gasteiger partial charge in [-0.15, -0.1) is 12.4 Å². The summed E-state index contributed by atoms with van der Waals surface area (Å²) in [6.45, 7) is 0. The van der Waals surface area contributed by atoms with E-state index in [0.717, 1.165) is 4.16 Å². The predicted molar refractivity (Wildman–Crippen MR) is 34.4 cm³/mol. The molecule has 0 saturated carbocycles. The number of hydrogen-bond acceptors (Lipinski definition) is 0. The van der Waals surface area contributed by atoms with Crippen molar-refractivity contribution in [2.45, 2.75) is 0 Å². The van der Waals surface area contributed by atoms with Crippen LogP contribution in [0.5, 0.6) is 0 Å². The Morgan fingerprint density at radius 1 is 1.11 bits per heavy atom. The van der Waals surface area contributed by atoms with Crippen LogP contribution in [0.3, 0.4) is 0 Å². The van der Waals surface area contributed by atoms with Crippen LogP contribution in [-0.2, 0) is 17.6 Å². The van der Waals surface area contributed by atoms with E-state index >= 15 is 0 Å². The third-order valence-corrected chi connectivity index (χ3v) is 2.63. The van der Waals surface area contributed by atoms with Gasteiger partial charge in [-0.25, -0.2) is 0 Å². The van der Waals surface area contributed by atoms with Crippen molar-refractivity contribution in [2.24, 2.45) is 0 Å². The first-order chi connectivity index (χ1) is 3.93. The van der Waals surface area contributed by atoms with Crippen molar-refractivity contribution in [3.05, 3.63) is 30.3 Å². The molecule has 0 nitrogen and oxygen atoms in total. The van der Waals surface area contributed by atoms with Crippen molar-refractivity contribution in [3.63, 3.8) is 0 Å². The van der Waals surface area contributed by atoms with Gasteiger partial charge in [0.1, 0.15) is 0 Å². The molecule has 0 aliphatic heterocycles. The molecule has 1 aromatic carbocycles. The fraction of sp³-hybridized carbons (Fsp3) is 0. The normalized spacial score (nSPS) is 7.22. The molecule has 1 rings (SSSR count). The Kier molecular flexibility index (Phi) is 4.93. The van der Waals surface area contributed by atoms with Crippen LogP contribution < -0.4 is 4.16 Å². The predicted octanol–water partition coefficient (Wildman–Crippen LogP) is 1.70. The Balaban J connectivity index is 0.000000640. The molecule has 0 fully saturated rings. The maximum atomic E-state index is 11.9. The van der Waals surface area contributed by atoms with E-state index in [-0.39, 0.29) is 12.4 Å². The SMILES string of the molecule is Cl.[F][Zn][c]1ccccc1. The van der Waals surface area contributed by atoms with Gasteiger partial charge >= 0.3 is 55.4 Å². The summed E-state index contributed by atoms with van der Waals surface area (Å²) in [5.74, 6) is 0. The summed E-state index contributed by atoms with van der Waals surface area (Å²) in [6.07, 6.45) is 0. The molecule has 0 radical (unpaired) electrons. The van der Waals surface area contributed by atoms with Crippen LogP contribution in [0.4, 0.5) is 3.32 Å². The van der Waals surface area contributed by atoms with Crippen molar-refractivity contribution in [1.29, 1.82) is 0 Å². The van der Waals surface area contributed by atoms with Crippen LogP contribution >= 0.6 is 12.4 Å². The van der Waals surface area contributed by atoms with Crippen LogP contribution in [0.15, 0.2) is 30.3 Å². The van der Waals surface area contributed by atoms with Crippen LogP contribution in [0, 0.1) is 0 Å². The van der Waals surface area contributed by atoms with Crippen molar-refractivity contribution in [1.82, 2.24) is 0 Å². The van der Waals surface area contributed by atoms with E-state index in [9.17, 15) is 3.32 Å². The molecule has 0 aromatic heterocycles. The van der Waals surface area contributed by atoms with E-state index in [1.807, 2.05) is 30.3 Å². The molecule has 0 atom stereocenters. The van der Waals surface area contributed by atoms with E-state index in [4.69, 9.17) is 0 Å². The summed E-state index contributed by atoms with van der Waals surface area (Å²) in [5, 5.41) is 0. The third kappa shape index (κ3) is 2.93. The Bertz CT molecular complexity index is 154. The molecule has 0 heterocycles. The molecular weight excluding hydrogens is 192 g/mol. The van der Waals surface area contributed by atoms with Crippen LogP contribution in [0.1, 0.15) is 0 Å². The van der Waals surface area contributed by atoms with Crippen LogP contribution in [0.2, 0.25) is 0 Å². The van der Waals surface area contributed by atoms with Gasteiger partial charge in [0, 0.05) is 0 Å². The monoisotopic (exact) mass is 196 g/mol. The van der Waals surface area contributed by atoms with Gasteiger partial charge in [0.15, 0.2) is 0 Å². The average Bonchev–Trinajstić information content (AvgIpc) is 1.90. The molecule has 0 aliphatic carbocycles. The number of halogens is 2. The summed E-state index contributed by atoms with van der Waals surface area (Å²) in [7, 11) is 0. The molecular formula is C6H6ClFZn. The second-order valence-corrected chi connectivity index (χ2v) is 3.89. The van der Waals surface area contributed by atoms with Gasteiger partial charge in [-0.2, -0.15) is 0 Å². The van der Waals surface area contributed by atoms with E-state index in [2.05, 4.69) is 0 Å². The molecule has 9 heavy (non-hydrogen) atoms. The van der Waals surface area contributed by atoms with E-state index in [1.54, 1.807) is 0 Å². The minimum atomic E-state index is -1.78. The molecule has 0 aliphatic rings. The summed E-state index contributed by atoms with van der Waals surface area (Å²) >= 11 is -1.78. The standard InChI is InChI=1S/C6H5.ClH.FH.Zn/c1-2-4-6-5-3-1;;;/h1-5H;2*1H;/q;;;+1/p-1. The fourth-order valence-corrected chi connectivity index (χ4v) is 1.51. The van der Waals surface area contributed by atoms with E-state index < -0.39 is 17.6 Å². The third-order valence-electron chi connectivity index (χ3n) is 0.997. The zero-order chi connectivity index (χ0) is 5.82. The number of rotatable bonds is 1. The average molecular weight is 198 g/mol. The van der Waals surface area contributed by atoms with Gasteiger partial charge in [-0.05, 0) is 0 Å². The Hall–Kier alpha value is 0.0634. The first-order valence-corrected chi connectivity index (χ1v) is 5.14. The van der Waals surface area contributed by atoms with Crippen molar-refractivity contribution in [2.75, 3.05) is 0 Å². The molecule has 0 N–H and O–H groups in total. The summed E-state index contributed by atoms with van der Waals surface area (Å²) in [5.41, 5.74) is 0. The van der Waals surface area contributed by atoms with Crippen molar-refractivity contribution >= 4 is 16.6 Å². The number of benzene rings is 1. The zero-order valence-electron chi connectivity index (χ0n) is 4.88. The Morgan fingerprint density at radius 3 is 2.00 bits per heavy atom. The van der Waals surface area contributed by atoms with Crippen molar-refractivity contribution in [3.8, 4) is 0 Å². The van der Waals surface area contributed by atoms with E-state index in [1.165, 1.54) is 0 Å². The zero-order valence-corrected chi connectivity index (χ0v) is 8.66. The molecule has 0 spiro atoms. The molecule has 1 aromatic rings. The molecule has 0 saturated heterocycles. The molecule has 0 bridgehead atoms. The number of hydrogen-bond donors (Lipinski definition) is 0. The van der Waals surface area contributed by atoms with Gasteiger partial charge in [-0.1, -0.05) is 0 Å². The topological polar surface area (TPSA) is 0 Å². The molecule has 0 amide bonds.